The fourth-order valence-electron chi connectivity index (χ4n) is 1.35. The van der Waals surface area contributed by atoms with Gasteiger partial charge in [-0.15, -0.1) is 11.3 Å². The van der Waals surface area contributed by atoms with Gasteiger partial charge in [0.1, 0.15) is 11.5 Å². The number of nitrogens with two attached hydrogens (primary N) is 1. The largest absolute Gasteiger partial charge is 0.457 e. The Hall–Kier alpha value is -1.40. The number of nitrogens with zero attached hydrogens (tertiary/aromatic N) is 1. The van der Waals surface area contributed by atoms with Gasteiger partial charge in [-0.05, 0) is 35.0 Å². The Morgan fingerprint density at radius 2 is 2.28 bits per heavy atom. The van der Waals surface area contributed by atoms with Gasteiger partial charge in [0.2, 0.25) is 0 Å². The minimum absolute atomic E-state index is 0.197. The topological polar surface area (TPSA) is 65.2 Å². The van der Waals surface area contributed by atoms with Crippen LogP contribution in [0.15, 0.2) is 29.0 Å². The van der Waals surface area contributed by atoms with E-state index in [1.54, 1.807) is 18.5 Å². The number of halogens is 1. The van der Waals surface area contributed by atoms with E-state index >= 15 is 0 Å². The lowest BCUT2D eigenvalue weighted by molar-refractivity contribution is 0.0478. The first-order chi connectivity index (χ1) is 8.56. The lowest BCUT2D eigenvalue weighted by Gasteiger charge is -2.03. The van der Waals surface area contributed by atoms with E-state index in [9.17, 15) is 4.79 Å². The normalized spacial score (nSPS) is 10.3. The molecular formula is C12H11BrN2O2S. The molecule has 0 aliphatic heterocycles. The number of ether oxygens (including phenoxy) is 1. The number of thiophene rings is 1. The van der Waals surface area contributed by atoms with Crippen molar-refractivity contribution < 1.29 is 9.53 Å². The van der Waals surface area contributed by atoms with E-state index in [1.165, 1.54) is 11.3 Å². The molecule has 0 amide bonds. The summed E-state index contributed by atoms with van der Waals surface area (Å²) >= 11 is 4.65. The van der Waals surface area contributed by atoms with Crippen molar-refractivity contribution in [2.75, 3.05) is 5.73 Å². The standard InChI is InChI=1S/C12H11BrN2O2S/c1-7-10(14)3-11(18-7)12(16)17-6-8-2-9(13)5-15-4-8/h2-5H,6,14H2,1H3. The van der Waals surface area contributed by atoms with Crippen LogP contribution >= 0.6 is 27.3 Å². The summed E-state index contributed by atoms with van der Waals surface area (Å²) in [7, 11) is 0. The molecule has 94 valence electrons. The molecular weight excluding hydrogens is 316 g/mol. The Kier molecular flexibility index (Phi) is 3.98. The number of carbonyl (C=O) groups is 1. The molecule has 0 spiro atoms. The van der Waals surface area contributed by atoms with Gasteiger partial charge in [-0.1, -0.05) is 0 Å². The summed E-state index contributed by atoms with van der Waals surface area (Å²) in [5.74, 6) is -0.361. The van der Waals surface area contributed by atoms with Crippen molar-refractivity contribution in [3.8, 4) is 0 Å². The summed E-state index contributed by atoms with van der Waals surface area (Å²) in [6.45, 7) is 2.07. The van der Waals surface area contributed by atoms with Crippen LogP contribution in [0.4, 0.5) is 5.69 Å². The zero-order valence-corrected chi connectivity index (χ0v) is 12.0. The number of anilines is 1. The molecule has 2 N–H and O–H groups in total. The van der Waals surface area contributed by atoms with Crippen LogP contribution in [0.5, 0.6) is 0 Å². The van der Waals surface area contributed by atoms with Crippen molar-refractivity contribution in [3.63, 3.8) is 0 Å². The van der Waals surface area contributed by atoms with Crippen LogP contribution in [0, 0.1) is 6.92 Å². The highest BCUT2D eigenvalue weighted by molar-refractivity contribution is 9.10. The lowest BCUT2D eigenvalue weighted by atomic mass is 10.3. The molecule has 0 unspecified atom stereocenters. The van der Waals surface area contributed by atoms with Crippen LogP contribution in [-0.2, 0) is 11.3 Å². The monoisotopic (exact) mass is 326 g/mol. The third kappa shape index (κ3) is 3.08. The fourth-order valence-corrected chi connectivity index (χ4v) is 2.60. The van der Waals surface area contributed by atoms with Crippen molar-refractivity contribution in [1.29, 1.82) is 0 Å². The Labute approximate surface area is 117 Å². The number of hydrogen-bond donors (Lipinski definition) is 1. The maximum atomic E-state index is 11.8. The van der Waals surface area contributed by atoms with Crippen LogP contribution in [0.2, 0.25) is 0 Å². The minimum atomic E-state index is -0.361. The summed E-state index contributed by atoms with van der Waals surface area (Å²) in [5.41, 5.74) is 7.15. The summed E-state index contributed by atoms with van der Waals surface area (Å²) in [5, 5.41) is 0. The fraction of sp³-hybridized carbons (Fsp3) is 0.167. The second-order valence-corrected chi connectivity index (χ2v) is 5.88. The molecule has 0 bridgehead atoms. The van der Waals surface area contributed by atoms with Crippen molar-refractivity contribution >= 4 is 38.9 Å². The number of nitrogen functional groups attached to an aromatic ring is 1. The molecule has 0 atom stereocenters. The number of esters is 1. The van der Waals surface area contributed by atoms with Crippen molar-refractivity contribution in [3.05, 3.63) is 44.3 Å². The smallest absolute Gasteiger partial charge is 0.348 e. The third-order valence-corrected chi connectivity index (χ3v) is 3.77. The van der Waals surface area contributed by atoms with E-state index in [2.05, 4.69) is 20.9 Å². The van der Waals surface area contributed by atoms with E-state index in [4.69, 9.17) is 10.5 Å². The van der Waals surface area contributed by atoms with E-state index < -0.39 is 0 Å². The third-order valence-electron chi connectivity index (χ3n) is 2.29. The number of aryl methyl sites for hydroxylation is 1. The number of rotatable bonds is 3. The molecule has 0 aromatic carbocycles. The molecule has 0 aliphatic carbocycles. The van der Waals surface area contributed by atoms with Crippen LogP contribution in [0.25, 0.3) is 0 Å². The Morgan fingerprint density at radius 1 is 1.50 bits per heavy atom. The van der Waals surface area contributed by atoms with Gasteiger partial charge in [0.25, 0.3) is 0 Å². The maximum absolute atomic E-state index is 11.8. The van der Waals surface area contributed by atoms with Gasteiger partial charge in [-0.2, -0.15) is 0 Å². The zero-order valence-electron chi connectivity index (χ0n) is 9.64. The highest BCUT2D eigenvalue weighted by Gasteiger charge is 2.12. The highest BCUT2D eigenvalue weighted by atomic mass is 79.9. The maximum Gasteiger partial charge on any atom is 0.348 e. The molecule has 0 saturated carbocycles. The molecule has 18 heavy (non-hydrogen) atoms. The van der Waals surface area contributed by atoms with Crippen LogP contribution in [-0.4, -0.2) is 11.0 Å². The van der Waals surface area contributed by atoms with Crippen molar-refractivity contribution in [2.24, 2.45) is 0 Å². The number of aromatic nitrogens is 1. The van der Waals surface area contributed by atoms with Gasteiger partial charge < -0.3 is 10.5 Å². The van der Waals surface area contributed by atoms with Crippen LogP contribution in [0.1, 0.15) is 20.1 Å². The molecule has 2 aromatic rings. The molecule has 0 aliphatic rings. The summed E-state index contributed by atoms with van der Waals surface area (Å²) in [6.07, 6.45) is 3.33. The van der Waals surface area contributed by atoms with Crippen molar-refractivity contribution in [2.45, 2.75) is 13.5 Å². The molecule has 0 radical (unpaired) electrons. The Bertz CT molecular complexity index is 564. The highest BCUT2D eigenvalue weighted by Crippen LogP contribution is 2.24. The second-order valence-electron chi connectivity index (χ2n) is 3.71. The predicted octanol–water partition coefficient (Wildman–Crippen LogP) is 3.15. The van der Waals surface area contributed by atoms with E-state index in [0.717, 1.165) is 14.9 Å². The quantitative estimate of drug-likeness (QED) is 0.880. The molecule has 0 saturated heterocycles. The number of pyridine rings is 1. The molecule has 2 heterocycles. The van der Waals surface area contributed by atoms with Crippen LogP contribution in [0.3, 0.4) is 0 Å². The van der Waals surface area contributed by atoms with Crippen LogP contribution < -0.4 is 5.73 Å². The molecule has 6 heteroatoms. The van der Waals surface area contributed by atoms with E-state index in [-0.39, 0.29) is 12.6 Å². The summed E-state index contributed by atoms with van der Waals surface area (Å²) < 4.78 is 6.05. The molecule has 4 nitrogen and oxygen atoms in total. The average Bonchev–Trinajstić information content (AvgIpc) is 2.67. The SMILES string of the molecule is Cc1sc(C(=O)OCc2cncc(Br)c2)cc1N. The first-order valence-corrected chi connectivity index (χ1v) is 6.79. The lowest BCUT2D eigenvalue weighted by Crippen LogP contribution is -2.03. The van der Waals surface area contributed by atoms with Gasteiger partial charge in [-0.3, -0.25) is 4.98 Å². The van der Waals surface area contributed by atoms with Gasteiger partial charge in [0.15, 0.2) is 0 Å². The van der Waals surface area contributed by atoms with Gasteiger partial charge in [0.05, 0.1) is 0 Å². The Balaban J connectivity index is 2.00. The van der Waals surface area contributed by atoms with Gasteiger partial charge in [0, 0.05) is 33.0 Å². The van der Waals surface area contributed by atoms with E-state index in [0.29, 0.717) is 10.6 Å². The van der Waals surface area contributed by atoms with Gasteiger partial charge in [-0.25, -0.2) is 4.79 Å². The molecule has 0 fully saturated rings. The zero-order chi connectivity index (χ0) is 13.1. The summed E-state index contributed by atoms with van der Waals surface area (Å²) in [6, 6.07) is 3.50. The van der Waals surface area contributed by atoms with E-state index in [1.807, 2.05) is 13.0 Å². The number of hydrogen-bond acceptors (Lipinski definition) is 5. The first kappa shape index (κ1) is 13.0. The molecule has 2 aromatic heterocycles. The first-order valence-electron chi connectivity index (χ1n) is 5.18. The van der Waals surface area contributed by atoms with Gasteiger partial charge >= 0.3 is 5.97 Å². The summed E-state index contributed by atoms with van der Waals surface area (Å²) in [4.78, 5) is 17.2. The predicted molar refractivity (Wildman–Crippen MR) is 74.5 cm³/mol. The van der Waals surface area contributed by atoms with Crippen molar-refractivity contribution in [1.82, 2.24) is 4.98 Å². The molecule has 2 rings (SSSR count). The minimum Gasteiger partial charge on any atom is -0.457 e. The average molecular weight is 327 g/mol. The number of carbonyl (C=O) groups excluding carboxylic acids is 1. The second kappa shape index (κ2) is 5.49. The Morgan fingerprint density at radius 3 is 2.89 bits per heavy atom.